The van der Waals surface area contributed by atoms with Crippen molar-refractivity contribution in [3.8, 4) is 0 Å². The molecule has 1 saturated heterocycles. The van der Waals surface area contributed by atoms with Crippen LogP contribution in [0.5, 0.6) is 0 Å². The lowest BCUT2D eigenvalue weighted by molar-refractivity contribution is -0.120. The first kappa shape index (κ1) is 16.9. The molecule has 5 nitrogen and oxygen atoms in total. The van der Waals surface area contributed by atoms with Crippen LogP contribution >= 0.6 is 31.9 Å². The van der Waals surface area contributed by atoms with Gasteiger partial charge in [-0.15, -0.1) is 0 Å². The maximum Gasteiger partial charge on any atom is 0.227 e. The summed E-state index contributed by atoms with van der Waals surface area (Å²) in [5.74, 6) is -0.218. The second kappa shape index (κ2) is 6.76. The molecule has 1 N–H and O–H groups in total. The van der Waals surface area contributed by atoms with Gasteiger partial charge in [0.05, 0.1) is 11.9 Å². The van der Waals surface area contributed by atoms with Gasteiger partial charge in [-0.2, -0.15) is 0 Å². The second-order valence-electron chi connectivity index (χ2n) is 5.05. The average Bonchev–Trinajstić information content (AvgIpc) is 2.41. The Morgan fingerprint density at radius 1 is 1.29 bits per heavy atom. The number of nitrogens with zero attached hydrogens (tertiary/aromatic N) is 1. The number of benzene rings is 1. The van der Waals surface area contributed by atoms with Gasteiger partial charge >= 0.3 is 0 Å². The van der Waals surface area contributed by atoms with Crippen molar-refractivity contribution in [2.75, 3.05) is 24.7 Å². The number of nitrogens with one attached hydrogen (secondary N) is 1. The molecular formula is C13H16Br2N2O3S. The molecule has 0 aliphatic carbocycles. The summed E-state index contributed by atoms with van der Waals surface area (Å²) in [6.45, 7) is 0.802. The van der Waals surface area contributed by atoms with Crippen LogP contribution in [0.1, 0.15) is 12.8 Å². The third-order valence-corrected chi connectivity index (χ3v) is 5.94. The van der Waals surface area contributed by atoms with Gasteiger partial charge < -0.3 is 5.32 Å². The first-order valence-electron chi connectivity index (χ1n) is 6.48. The van der Waals surface area contributed by atoms with Crippen LogP contribution in [-0.2, 0) is 14.8 Å². The van der Waals surface area contributed by atoms with Crippen LogP contribution in [0.15, 0.2) is 27.1 Å². The number of sulfonamides is 1. The van der Waals surface area contributed by atoms with Crippen LogP contribution in [0.4, 0.5) is 5.69 Å². The van der Waals surface area contributed by atoms with Crippen molar-refractivity contribution in [1.29, 1.82) is 0 Å². The lowest BCUT2D eigenvalue weighted by Crippen LogP contribution is -2.40. The van der Waals surface area contributed by atoms with Crippen LogP contribution < -0.4 is 5.32 Å². The standard InChI is InChI=1S/C13H16Br2N2O3S/c1-21(19,20)17-6-4-9(5-7-17)13(18)16-12-3-2-10(14)8-11(12)15/h2-3,8-9H,4-7H2,1H3,(H,16,18). The van der Waals surface area contributed by atoms with Crippen molar-refractivity contribution in [1.82, 2.24) is 4.31 Å². The van der Waals surface area contributed by atoms with Crippen molar-refractivity contribution >= 4 is 53.5 Å². The molecule has 1 amide bonds. The van der Waals surface area contributed by atoms with E-state index in [1.807, 2.05) is 18.2 Å². The zero-order valence-corrected chi connectivity index (χ0v) is 15.5. The van der Waals surface area contributed by atoms with Gasteiger partial charge in [-0.3, -0.25) is 4.79 Å². The number of piperidine rings is 1. The summed E-state index contributed by atoms with van der Waals surface area (Å²) < 4.78 is 26.0. The molecule has 2 rings (SSSR count). The van der Waals surface area contributed by atoms with Crippen LogP contribution in [0.25, 0.3) is 0 Å². The minimum absolute atomic E-state index is 0.0637. The number of rotatable bonds is 3. The molecule has 0 unspecified atom stereocenters. The molecule has 1 fully saturated rings. The van der Waals surface area contributed by atoms with Gasteiger partial charge in [0.15, 0.2) is 0 Å². The minimum atomic E-state index is -3.16. The second-order valence-corrected chi connectivity index (χ2v) is 8.80. The molecule has 0 saturated carbocycles. The quantitative estimate of drug-likeness (QED) is 0.787. The van der Waals surface area contributed by atoms with Crippen LogP contribution in [0.3, 0.4) is 0 Å². The summed E-state index contributed by atoms with van der Waals surface area (Å²) in [6, 6.07) is 5.53. The van der Waals surface area contributed by atoms with Gasteiger partial charge in [-0.1, -0.05) is 15.9 Å². The number of amides is 1. The molecule has 1 heterocycles. The number of carbonyl (C=O) groups excluding carboxylic acids is 1. The van der Waals surface area contributed by atoms with Crippen molar-refractivity contribution in [2.45, 2.75) is 12.8 Å². The summed E-state index contributed by atoms with van der Waals surface area (Å²) in [5, 5.41) is 2.89. The Labute approximate surface area is 141 Å². The summed E-state index contributed by atoms with van der Waals surface area (Å²) >= 11 is 6.76. The highest BCUT2D eigenvalue weighted by molar-refractivity contribution is 9.11. The molecule has 21 heavy (non-hydrogen) atoms. The van der Waals surface area contributed by atoms with Crippen molar-refractivity contribution in [2.24, 2.45) is 5.92 Å². The number of halogens is 2. The number of carbonyl (C=O) groups is 1. The summed E-state index contributed by atoms with van der Waals surface area (Å²) in [6.07, 6.45) is 2.30. The summed E-state index contributed by atoms with van der Waals surface area (Å²) in [7, 11) is -3.16. The lowest BCUT2D eigenvalue weighted by Gasteiger charge is -2.29. The fourth-order valence-electron chi connectivity index (χ4n) is 2.28. The van der Waals surface area contributed by atoms with Gasteiger partial charge in [-0.25, -0.2) is 12.7 Å². The summed E-state index contributed by atoms with van der Waals surface area (Å²) in [4.78, 5) is 12.2. The van der Waals surface area contributed by atoms with E-state index in [0.29, 0.717) is 31.6 Å². The van der Waals surface area contributed by atoms with E-state index < -0.39 is 10.0 Å². The third-order valence-electron chi connectivity index (χ3n) is 3.48. The highest BCUT2D eigenvalue weighted by atomic mass is 79.9. The molecule has 0 bridgehead atoms. The van der Waals surface area contributed by atoms with Crippen LogP contribution in [0, 0.1) is 5.92 Å². The molecule has 1 aliphatic rings. The van der Waals surface area contributed by atoms with E-state index in [4.69, 9.17) is 0 Å². The fraction of sp³-hybridized carbons (Fsp3) is 0.462. The highest BCUT2D eigenvalue weighted by Crippen LogP contribution is 2.28. The first-order chi connectivity index (χ1) is 9.77. The third kappa shape index (κ3) is 4.51. The Balaban J connectivity index is 1.96. The van der Waals surface area contributed by atoms with Crippen molar-refractivity contribution < 1.29 is 13.2 Å². The summed E-state index contributed by atoms with van der Waals surface area (Å²) in [5.41, 5.74) is 0.716. The molecule has 1 aromatic carbocycles. The van der Waals surface area contributed by atoms with Crippen molar-refractivity contribution in [3.63, 3.8) is 0 Å². The largest absolute Gasteiger partial charge is 0.325 e. The van der Waals surface area contributed by atoms with E-state index >= 15 is 0 Å². The predicted octanol–water partition coefficient (Wildman–Crippen LogP) is 2.82. The Morgan fingerprint density at radius 3 is 2.43 bits per heavy atom. The highest BCUT2D eigenvalue weighted by Gasteiger charge is 2.29. The molecule has 1 aromatic rings. The Bertz CT molecular complexity index is 641. The number of anilines is 1. The van der Waals surface area contributed by atoms with E-state index in [1.165, 1.54) is 10.6 Å². The topological polar surface area (TPSA) is 66.5 Å². The van der Waals surface area contributed by atoms with Crippen LogP contribution in [0.2, 0.25) is 0 Å². The molecule has 0 radical (unpaired) electrons. The van der Waals surface area contributed by atoms with Gasteiger partial charge in [0.25, 0.3) is 0 Å². The van der Waals surface area contributed by atoms with E-state index in [0.717, 1.165) is 8.95 Å². The Hall–Kier alpha value is -0.440. The lowest BCUT2D eigenvalue weighted by atomic mass is 9.97. The minimum Gasteiger partial charge on any atom is -0.325 e. The molecule has 8 heteroatoms. The average molecular weight is 440 g/mol. The first-order valence-corrected chi connectivity index (χ1v) is 9.92. The van der Waals surface area contributed by atoms with Crippen molar-refractivity contribution in [3.05, 3.63) is 27.1 Å². The molecule has 0 spiro atoms. The maximum absolute atomic E-state index is 12.2. The molecule has 116 valence electrons. The maximum atomic E-state index is 12.2. The van der Waals surface area contributed by atoms with Crippen LogP contribution in [-0.4, -0.2) is 38.0 Å². The van der Waals surface area contributed by atoms with E-state index in [2.05, 4.69) is 37.2 Å². The zero-order valence-electron chi connectivity index (χ0n) is 11.5. The van der Waals surface area contributed by atoms with Gasteiger partial charge in [0.1, 0.15) is 0 Å². The SMILES string of the molecule is CS(=O)(=O)N1CCC(C(=O)Nc2ccc(Br)cc2Br)CC1. The van der Waals surface area contributed by atoms with E-state index in [1.54, 1.807) is 0 Å². The van der Waals surface area contributed by atoms with Gasteiger partial charge in [-0.05, 0) is 47.0 Å². The normalized spacial score (nSPS) is 17.7. The van der Waals surface area contributed by atoms with Gasteiger partial charge in [0.2, 0.25) is 15.9 Å². The fourth-order valence-corrected chi connectivity index (χ4v) is 4.30. The smallest absolute Gasteiger partial charge is 0.227 e. The molecule has 1 aliphatic heterocycles. The molecule has 0 aromatic heterocycles. The number of hydrogen-bond acceptors (Lipinski definition) is 3. The Morgan fingerprint density at radius 2 is 1.90 bits per heavy atom. The number of hydrogen-bond donors (Lipinski definition) is 1. The Kier molecular flexibility index (Phi) is 5.45. The van der Waals surface area contributed by atoms with E-state index in [9.17, 15) is 13.2 Å². The predicted molar refractivity (Wildman–Crippen MR) is 89.6 cm³/mol. The molecule has 0 atom stereocenters. The zero-order chi connectivity index (χ0) is 15.6. The molecular weight excluding hydrogens is 424 g/mol. The van der Waals surface area contributed by atoms with Gasteiger partial charge in [0, 0.05) is 28.0 Å². The monoisotopic (exact) mass is 438 g/mol. The van der Waals surface area contributed by atoms with E-state index in [-0.39, 0.29) is 11.8 Å².